The van der Waals surface area contributed by atoms with Crippen LogP contribution in [0.25, 0.3) is 0 Å². The van der Waals surface area contributed by atoms with E-state index < -0.39 is 0 Å². The molecule has 0 spiro atoms. The van der Waals surface area contributed by atoms with E-state index in [1.807, 2.05) is 19.0 Å². The molecule has 21 heavy (non-hydrogen) atoms. The standard InChI is InChI=1S/C15H22N4S2/c1-5-16-13(12-9-7-6-8-11(12)2)10-20-15-18-17-14(21-15)19(3)4/h6-9,13,16H,5,10H2,1-4H3. The number of anilines is 1. The molecule has 1 aromatic carbocycles. The third kappa shape index (κ3) is 4.43. The zero-order chi connectivity index (χ0) is 15.2. The second-order valence-corrected chi connectivity index (χ2v) is 7.25. The first-order valence-electron chi connectivity index (χ1n) is 7.04. The number of nitrogens with one attached hydrogen (secondary N) is 1. The predicted octanol–water partition coefficient (Wildman–Crippen LogP) is 3.36. The summed E-state index contributed by atoms with van der Waals surface area (Å²) in [6, 6.07) is 8.90. The van der Waals surface area contributed by atoms with Gasteiger partial charge in [-0.3, -0.25) is 0 Å². The molecule has 0 fully saturated rings. The third-order valence-electron chi connectivity index (χ3n) is 3.17. The van der Waals surface area contributed by atoms with E-state index >= 15 is 0 Å². The summed E-state index contributed by atoms with van der Waals surface area (Å²) in [6.45, 7) is 5.27. The largest absolute Gasteiger partial charge is 0.353 e. The molecule has 1 N–H and O–H groups in total. The van der Waals surface area contributed by atoms with E-state index in [0.717, 1.165) is 21.8 Å². The highest BCUT2D eigenvalue weighted by Crippen LogP contribution is 2.30. The molecule has 114 valence electrons. The van der Waals surface area contributed by atoms with E-state index in [-0.39, 0.29) is 0 Å². The molecular weight excluding hydrogens is 300 g/mol. The van der Waals surface area contributed by atoms with Gasteiger partial charge in [-0.25, -0.2) is 0 Å². The fraction of sp³-hybridized carbons (Fsp3) is 0.467. The van der Waals surface area contributed by atoms with Gasteiger partial charge in [-0.2, -0.15) is 0 Å². The molecule has 4 nitrogen and oxygen atoms in total. The van der Waals surface area contributed by atoms with E-state index in [1.54, 1.807) is 23.1 Å². The van der Waals surface area contributed by atoms with Crippen molar-refractivity contribution in [1.29, 1.82) is 0 Å². The van der Waals surface area contributed by atoms with Crippen LogP contribution in [0.1, 0.15) is 24.1 Å². The van der Waals surface area contributed by atoms with E-state index in [2.05, 4.69) is 53.6 Å². The van der Waals surface area contributed by atoms with Gasteiger partial charge in [-0.15, -0.1) is 10.2 Å². The van der Waals surface area contributed by atoms with Crippen LogP contribution >= 0.6 is 23.1 Å². The van der Waals surface area contributed by atoms with Crippen molar-refractivity contribution in [3.8, 4) is 0 Å². The summed E-state index contributed by atoms with van der Waals surface area (Å²) >= 11 is 3.41. The van der Waals surface area contributed by atoms with Crippen LogP contribution in [0, 0.1) is 6.92 Å². The zero-order valence-corrected chi connectivity index (χ0v) is 14.6. The maximum absolute atomic E-state index is 4.25. The quantitative estimate of drug-likeness (QED) is 0.792. The molecule has 1 atom stereocenters. The maximum atomic E-state index is 4.25. The van der Waals surface area contributed by atoms with Gasteiger partial charge in [0.2, 0.25) is 5.13 Å². The van der Waals surface area contributed by atoms with Gasteiger partial charge in [0.05, 0.1) is 0 Å². The average molecular weight is 323 g/mol. The lowest BCUT2D eigenvalue weighted by Crippen LogP contribution is -2.23. The highest BCUT2D eigenvalue weighted by molar-refractivity contribution is 8.01. The monoisotopic (exact) mass is 322 g/mol. The van der Waals surface area contributed by atoms with Crippen molar-refractivity contribution in [3.05, 3.63) is 35.4 Å². The van der Waals surface area contributed by atoms with Crippen molar-refractivity contribution in [2.75, 3.05) is 31.3 Å². The van der Waals surface area contributed by atoms with Crippen LogP contribution in [0.15, 0.2) is 28.6 Å². The van der Waals surface area contributed by atoms with Gasteiger partial charge in [0, 0.05) is 25.9 Å². The molecule has 0 saturated heterocycles. The van der Waals surface area contributed by atoms with Gasteiger partial charge < -0.3 is 10.2 Å². The first-order chi connectivity index (χ1) is 10.1. The number of hydrogen-bond donors (Lipinski definition) is 1. The van der Waals surface area contributed by atoms with Crippen LogP contribution in [0.3, 0.4) is 0 Å². The summed E-state index contributed by atoms with van der Waals surface area (Å²) in [5.41, 5.74) is 2.69. The molecule has 2 rings (SSSR count). The second kappa shape index (κ2) is 7.77. The van der Waals surface area contributed by atoms with Crippen LogP contribution in [0.2, 0.25) is 0 Å². The molecular formula is C15H22N4S2. The first kappa shape index (κ1) is 16.3. The Hall–Kier alpha value is -1.11. The maximum Gasteiger partial charge on any atom is 0.208 e. The van der Waals surface area contributed by atoms with Crippen molar-refractivity contribution in [3.63, 3.8) is 0 Å². The molecule has 1 unspecified atom stereocenters. The highest BCUT2D eigenvalue weighted by Gasteiger charge is 2.14. The van der Waals surface area contributed by atoms with Crippen LogP contribution in [-0.2, 0) is 0 Å². The lowest BCUT2D eigenvalue weighted by molar-refractivity contribution is 0.603. The summed E-state index contributed by atoms with van der Waals surface area (Å²) in [5.74, 6) is 0.959. The molecule has 6 heteroatoms. The van der Waals surface area contributed by atoms with Gasteiger partial charge in [0.15, 0.2) is 4.34 Å². The van der Waals surface area contributed by atoms with Crippen molar-refractivity contribution in [1.82, 2.24) is 15.5 Å². The van der Waals surface area contributed by atoms with E-state index in [1.165, 1.54) is 11.1 Å². The lowest BCUT2D eigenvalue weighted by Gasteiger charge is -2.19. The average Bonchev–Trinajstić information content (AvgIpc) is 2.93. The van der Waals surface area contributed by atoms with E-state index in [4.69, 9.17) is 0 Å². The Labute approximate surface area is 135 Å². The van der Waals surface area contributed by atoms with Crippen LogP contribution in [-0.4, -0.2) is 36.6 Å². The van der Waals surface area contributed by atoms with Crippen LogP contribution in [0.5, 0.6) is 0 Å². The first-order valence-corrected chi connectivity index (χ1v) is 8.84. The van der Waals surface area contributed by atoms with Crippen LogP contribution in [0.4, 0.5) is 5.13 Å². The topological polar surface area (TPSA) is 41.1 Å². The molecule has 0 saturated carbocycles. The number of aryl methyl sites for hydroxylation is 1. The number of rotatable bonds is 7. The molecule has 0 amide bonds. The Balaban J connectivity index is 2.04. The molecule has 1 aromatic heterocycles. The summed E-state index contributed by atoms with van der Waals surface area (Å²) in [7, 11) is 3.98. The van der Waals surface area contributed by atoms with Gasteiger partial charge >= 0.3 is 0 Å². The number of thioether (sulfide) groups is 1. The predicted molar refractivity (Wildman–Crippen MR) is 92.6 cm³/mol. The summed E-state index contributed by atoms with van der Waals surface area (Å²) in [4.78, 5) is 1.99. The fourth-order valence-corrected chi connectivity index (χ4v) is 3.95. The van der Waals surface area contributed by atoms with Crippen molar-refractivity contribution in [2.45, 2.75) is 24.2 Å². The van der Waals surface area contributed by atoms with Crippen molar-refractivity contribution < 1.29 is 0 Å². The highest BCUT2D eigenvalue weighted by atomic mass is 32.2. The lowest BCUT2D eigenvalue weighted by atomic mass is 10.0. The minimum absolute atomic E-state index is 0.341. The minimum atomic E-state index is 0.341. The van der Waals surface area contributed by atoms with Gasteiger partial charge in [-0.05, 0) is 24.6 Å². The Morgan fingerprint density at radius 1 is 1.29 bits per heavy atom. The Morgan fingerprint density at radius 3 is 2.67 bits per heavy atom. The van der Waals surface area contributed by atoms with E-state index in [0.29, 0.717) is 6.04 Å². The Morgan fingerprint density at radius 2 is 2.05 bits per heavy atom. The number of nitrogens with zero attached hydrogens (tertiary/aromatic N) is 3. The zero-order valence-electron chi connectivity index (χ0n) is 13.0. The second-order valence-electron chi connectivity index (χ2n) is 5.02. The van der Waals surface area contributed by atoms with Crippen LogP contribution < -0.4 is 10.2 Å². The molecule has 1 heterocycles. The minimum Gasteiger partial charge on any atom is -0.353 e. The van der Waals surface area contributed by atoms with Gasteiger partial charge in [0.25, 0.3) is 0 Å². The molecule has 0 aliphatic rings. The molecule has 0 radical (unpaired) electrons. The van der Waals surface area contributed by atoms with Gasteiger partial charge in [0.1, 0.15) is 0 Å². The van der Waals surface area contributed by atoms with Crippen molar-refractivity contribution >= 4 is 28.2 Å². The Bertz CT molecular complexity index is 568. The number of benzene rings is 1. The third-order valence-corrected chi connectivity index (χ3v) is 5.48. The molecule has 0 aliphatic heterocycles. The fourth-order valence-electron chi connectivity index (χ4n) is 2.08. The summed E-state index contributed by atoms with van der Waals surface area (Å²) in [6.07, 6.45) is 0. The smallest absolute Gasteiger partial charge is 0.208 e. The molecule has 0 aliphatic carbocycles. The number of hydrogen-bond acceptors (Lipinski definition) is 6. The molecule has 2 aromatic rings. The SMILES string of the molecule is CCNC(CSc1nnc(N(C)C)s1)c1ccccc1C. The summed E-state index contributed by atoms with van der Waals surface area (Å²) < 4.78 is 1.02. The summed E-state index contributed by atoms with van der Waals surface area (Å²) in [5, 5.41) is 12.9. The van der Waals surface area contributed by atoms with Gasteiger partial charge in [-0.1, -0.05) is 54.3 Å². The Kier molecular flexibility index (Phi) is 6.02. The van der Waals surface area contributed by atoms with Crippen molar-refractivity contribution in [2.24, 2.45) is 0 Å². The normalized spacial score (nSPS) is 12.4. The number of aromatic nitrogens is 2. The molecule has 0 bridgehead atoms. The van der Waals surface area contributed by atoms with E-state index in [9.17, 15) is 0 Å².